The lowest BCUT2D eigenvalue weighted by Crippen LogP contribution is -2.23. The fourth-order valence-electron chi connectivity index (χ4n) is 2.06. The van der Waals surface area contributed by atoms with Gasteiger partial charge in [-0.15, -0.1) is 0 Å². The maximum absolute atomic E-state index is 11.8. The van der Waals surface area contributed by atoms with E-state index in [-0.39, 0.29) is 5.91 Å². The minimum absolute atomic E-state index is 0.0812. The van der Waals surface area contributed by atoms with E-state index in [2.05, 4.69) is 5.32 Å². The van der Waals surface area contributed by atoms with Crippen molar-refractivity contribution in [2.24, 2.45) is 0 Å². The average molecular weight is 327 g/mol. The maximum Gasteiger partial charge on any atom is 0.244 e. The first-order valence-corrected chi connectivity index (χ1v) is 8.54. The molecule has 3 nitrogen and oxygen atoms in total. The Morgan fingerprint density at radius 1 is 1.13 bits per heavy atom. The molecule has 120 valence electrons. The van der Waals surface area contributed by atoms with Gasteiger partial charge in [-0.2, -0.15) is 0 Å². The van der Waals surface area contributed by atoms with E-state index in [9.17, 15) is 4.79 Å². The molecule has 0 aliphatic rings. The first kappa shape index (κ1) is 17.2. The van der Waals surface area contributed by atoms with E-state index >= 15 is 0 Å². The number of carbonyl (C=O) groups excluding carboxylic acids is 1. The van der Waals surface area contributed by atoms with Gasteiger partial charge in [-0.05, 0) is 42.5 Å². The zero-order valence-corrected chi connectivity index (χ0v) is 14.0. The highest BCUT2D eigenvalue weighted by Gasteiger charge is 2.02. The van der Waals surface area contributed by atoms with Crippen LogP contribution < -0.4 is 10.1 Å². The minimum atomic E-state index is -0.0812. The van der Waals surface area contributed by atoms with Crippen molar-refractivity contribution in [1.82, 2.24) is 5.32 Å². The molecule has 0 radical (unpaired) electrons. The topological polar surface area (TPSA) is 38.3 Å². The van der Waals surface area contributed by atoms with Crippen LogP contribution in [0.3, 0.4) is 0 Å². The highest BCUT2D eigenvalue weighted by atomic mass is 32.2. The van der Waals surface area contributed by atoms with Crippen LogP contribution in [0.5, 0.6) is 5.75 Å². The summed E-state index contributed by atoms with van der Waals surface area (Å²) in [5.41, 5.74) is 1.11. The fraction of sp³-hybridized carbons (Fsp3) is 0.211. The van der Waals surface area contributed by atoms with Crippen LogP contribution >= 0.6 is 11.8 Å². The number of ether oxygens (including phenoxy) is 1. The molecule has 0 aliphatic carbocycles. The number of benzene rings is 2. The van der Waals surface area contributed by atoms with Crippen LogP contribution in [0, 0.1) is 0 Å². The molecule has 2 aromatic carbocycles. The molecule has 0 aliphatic heterocycles. The zero-order valence-electron chi connectivity index (χ0n) is 13.2. The fourth-order valence-corrected chi connectivity index (χ4v) is 2.72. The molecule has 0 bridgehead atoms. The molecule has 0 aromatic heterocycles. The molecule has 23 heavy (non-hydrogen) atoms. The molecular weight excluding hydrogens is 306 g/mol. The predicted molar refractivity (Wildman–Crippen MR) is 95.8 cm³/mol. The normalized spacial score (nSPS) is 10.7. The Labute approximate surface area is 141 Å². The van der Waals surface area contributed by atoms with Crippen molar-refractivity contribution in [3.8, 4) is 5.75 Å². The summed E-state index contributed by atoms with van der Waals surface area (Å²) in [4.78, 5) is 12.9. The zero-order chi connectivity index (χ0) is 16.3. The van der Waals surface area contributed by atoms with E-state index in [4.69, 9.17) is 4.74 Å². The third kappa shape index (κ3) is 6.20. The second-order valence-electron chi connectivity index (χ2n) is 4.82. The van der Waals surface area contributed by atoms with Crippen molar-refractivity contribution in [2.75, 3.05) is 13.2 Å². The maximum atomic E-state index is 11.8. The summed E-state index contributed by atoms with van der Waals surface area (Å²) >= 11 is 1.53. The molecule has 0 spiro atoms. The van der Waals surface area contributed by atoms with E-state index in [1.165, 1.54) is 11.8 Å². The van der Waals surface area contributed by atoms with E-state index in [0.29, 0.717) is 13.2 Å². The highest BCUT2D eigenvalue weighted by Crippen LogP contribution is 2.18. The second kappa shape index (κ2) is 9.74. The highest BCUT2D eigenvalue weighted by molar-refractivity contribution is 8.02. The number of hydrogen-bond acceptors (Lipinski definition) is 3. The van der Waals surface area contributed by atoms with Gasteiger partial charge in [0, 0.05) is 17.5 Å². The molecule has 2 rings (SSSR count). The molecule has 0 saturated carbocycles. The smallest absolute Gasteiger partial charge is 0.244 e. The van der Waals surface area contributed by atoms with Crippen LogP contribution in [0.25, 0.3) is 0 Å². The Morgan fingerprint density at radius 2 is 1.87 bits per heavy atom. The number of carbonyl (C=O) groups is 1. The monoisotopic (exact) mass is 327 g/mol. The average Bonchev–Trinajstić information content (AvgIpc) is 2.58. The van der Waals surface area contributed by atoms with E-state index in [1.54, 1.807) is 11.5 Å². The first-order chi connectivity index (χ1) is 11.3. The lowest BCUT2D eigenvalue weighted by molar-refractivity contribution is -0.116. The lowest BCUT2D eigenvalue weighted by atomic mass is 10.1. The Morgan fingerprint density at radius 3 is 2.65 bits per heavy atom. The summed E-state index contributed by atoms with van der Waals surface area (Å²) < 4.78 is 5.58. The van der Waals surface area contributed by atoms with Crippen molar-refractivity contribution in [1.29, 1.82) is 0 Å². The standard InChI is InChI=1S/C19H21NO2S/c1-2-22-18-11-7-6-8-16(18)12-14-20-19(21)13-15-23-17-9-4-3-5-10-17/h3-11,13,15H,2,12,14H2,1H3,(H,20,21). The predicted octanol–water partition coefficient (Wildman–Crippen LogP) is 4.05. The van der Waals surface area contributed by atoms with Gasteiger partial charge in [0.05, 0.1) is 6.61 Å². The SMILES string of the molecule is CCOc1ccccc1CCNC(=O)C=CSc1ccccc1. The molecule has 0 heterocycles. The van der Waals surface area contributed by atoms with E-state index < -0.39 is 0 Å². The van der Waals surface area contributed by atoms with Gasteiger partial charge < -0.3 is 10.1 Å². The van der Waals surface area contributed by atoms with Crippen molar-refractivity contribution >= 4 is 17.7 Å². The van der Waals surface area contributed by atoms with Gasteiger partial charge in [0.1, 0.15) is 5.75 Å². The third-order valence-electron chi connectivity index (χ3n) is 3.13. The summed E-state index contributed by atoms with van der Waals surface area (Å²) in [5, 5.41) is 4.70. The number of rotatable bonds is 8. The van der Waals surface area contributed by atoms with Crippen molar-refractivity contribution in [3.05, 3.63) is 71.6 Å². The summed E-state index contributed by atoms with van der Waals surface area (Å²) in [6, 6.07) is 17.9. The van der Waals surface area contributed by atoms with Gasteiger partial charge in [0.25, 0.3) is 0 Å². The van der Waals surface area contributed by atoms with Gasteiger partial charge >= 0.3 is 0 Å². The van der Waals surface area contributed by atoms with Crippen LogP contribution in [0.15, 0.2) is 71.0 Å². The summed E-state index contributed by atoms with van der Waals surface area (Å²) in [6.07, 6.45) is 2.31. The number of nitrogens with one attached hydrogen (secondary N) is 1. The molecule has 1 amide bonds. The molecular formula is C19H21NO2S. The second-order valence-corrected chi connectivity index (χ2v) is 5.79. The Hall–Kier alpha value is -2.20. The number of thioether (sulfide) groups is 1. The van der Waals surface area contributed by atoms with E-state index in [0.717, 1.165) is 22.6 Å². The van der Waals surface area contributed by atoms with Crippen LogP contribution in [-0.2, 0) is 11.2 Å². The van der Waals surface area contributed by atoms with Gasteiger partial charge in [-0.3, -0.25) is 4.79 Å². The van der Waals surface area contributed by atoms with Gasteiger partial charge in [-0.25, -0.2) is 0 Å². The minimum Gasteiger partial charge on any atom is -0.494 e. The Kier molecular flexibility index (Phi) is 7.27. The first-order valence-electron chi connectivity index (χ1n) is 7.66. The molecule has 0 saturated heterocycles. The molecule has 0 atom stereocenters. The number of amides is 1. The molecule has 1 N–H and O–H groups in total. The third-order valence-corrected chi connectivity index (χ3v) is 3.95. The summed E-state index contributed by atoms with van der Waals surface area (Å²) in [6.45, 7) is 3.19. The molecule has 0 unspecified atom stereocenters. The largest absolute Gasteiger partial charge is 0.494 e. The number of hydrogen-bond donors (Lipinski definition) is 1. The van der Waals surface area contributed by atoms with Crippen molar-refractivity contribution in [2.45, 2.75) is 18.2 Å². The molecule has 0 fully saturated rings. The Bertz CT molecular complexity index is 641. The van der Waals surface area contributed by atoms with Crippen LogP contribution in [0.1, 0.15) is 12.5 Å². The Balaban J connectivity index is 1.74. The van der Waals surface area contributed by atoms with Gasteiger partial charge in [0.2, 0.25) is 5.91 Å². The van der Waals surface area contributed by atoms with Crippen LogP contribution in [-0.4, -0.2) is 19.1 Å². The quantitative estimate of drug-likeness (QED) is 0.587. The van der Waals surface area contributed by atoms with E-state index in [1.807, 2.05) is 61.5 Å². The summed E-state index contributed by atoms with van der Waals surface area (Å²) in [5.74, 6) is 0.807. The van der Waals surface area contributed by atoms with Crippen molar-refractivity contribution < 1.29 is 9.53 Å². The number of para-hydroxylation sites is 1. The molecule has 2 aromatic rings. The van der Waals surface area contributed by atoms with Crippen LogP contribution in [0.4, 0.5) is 0 Å². The summed E-state index contributed by atoms with van der Waals surface area (Å²) in [7, 11) is 0. The van der Waals surface area contributed by atoms with Crippen molar-refractivity contribution in [3.63, 3.8) is 0 Å². The van der Waals surface area contributed by atoms with Gasteiger partial charge in [-0.1, -0.05) is 48.2 Å². The lowest BCUT2D eigenvalue weighted by Gasteiger charge is -2.09. The van der Waals surface area contributed by atoms with Gasteiger partial charge in [0.15, 0.2) is 0 Å². The molecule has 4 heteroatoms. The van der Waals surface area contributed by atoms with Crippen LogP contribution in [0.2, 0.25) is 0 Å².